The number of rotatable bonds is 3. The van der Waals surface area contributed by atoms with Gasteiger partial charge in [-0.3, -0.25) is 4.79 Å². The molecule has 1 heterocycles. The fourth-order valence-corrected chi connectivity index (χ4v) is 2.69. The molecule has 16 heavy (non-hydrogen) atoms. The van der Waals surface area contributed by atoms with Crippen LogP contribution < -0.4 is 0 Å². The highest BCUT2D eigenvalue weighted by atomic mass is 16.1. The number of carbonyl (C=O) groups is 1. The predicted molar refractivity (Wildman–Crippen MR) is 62.1 cm³/mol. The minimum atomic E-state index is 0.211. The highest BCUT2D eigenvalue weighted by Crippen LogP contribution is 2.34. The minimum Gasteiger partial charge on any atom is -0.294 e. The van der Waals surface area contributed by atoms with E-state index in [2.05, 4.69) is 17.1 Å². The monoisotopic (exact) mass is 218 g/mol. The van der Waals surface area contributed by atoms with Gasteiger partial charge in [-0.05, 0) is 24.8 Å². The molecule has 1 aliphatic rings. The molecule has 0 radical (unpaired) electrons. The maximum atomic E-state index is 12.3. The van der Waals surface area contributed by atoms with Crippen molar-refractivity contribution in [3.8, 4) is 0 Å². The van der Waals surface area contributed by atoms with Gasteiger partial charge in [-0.25, -0.2) is 0 Å². The fourth-order valence-electron chi connectivity index (χ4n) is 2.69. The third kappa shape index (κ3) is 2.29. The van der Waals surface area contributed by atoms with Gasteiger partial charge in [0.2, 0.25) is 0 Å². The molecular formula is C13H18N2O. The Morgan fingerprint density at radius 3 is 2.88 bits per heavy atom. The zero-order chi connectivity index (χ0) is 11.4. The van der Waals surface area contributed by atoms with Crippen molar-refractivity contribution in [2.75, 3.05) is 0 Å². The first-order valence-corrected chi connectivity index (χ1v) is 6.14. The van der Waals surface area contributed by atoms with Crippen LogP contribution in [0.3, 0.4) is 0 Å². The van der Waals surface area contributed by atoms with Crippen molar-refractivity contribution in [1.82, 2.24) is 10.2 Å². The van der Waals surface area contributed by atoms with E-state index in [1.807, 2.05) is 0 Å². The van der Waals surface area contributed by atoms with Crippen LogP contribution in [0.25, 0.3) is 0 Å². The standard InChI is InChI=1S/C13H18N2O/c1-2-10-5-3-4-6-12(10)13(16)11-7-8-14-15-9-11/h7-10,12H,2-6H2,1H3. The summed E-state index contributed by atoms with van der Waals surface area (Å²) in [5, 5.41) is 7.49. The lowest BCUT2D eigenvalue weighted by molar-refractivity contribution is 0.0819. The Morgan fingerprint density at radius 1 is 1.38 bits per heavy atom. The number of ketones is 1. The van der Waals surface area contributed by atoms with Crippen molar-refractivity contribution in [3.63, 3.8) is 0 Å². The number of aromatic nitrogens is 2. The Hall–Kier alpha value is -1.25. The molecule has 1 fully saturated rings. The van der Waals surface area contributed by atoms with Gasteiger partial charge in [0.15, 0.2) is 5.78 Å². The SMILES string of the molecule is CCC1CCCCC1C(=O)c1ccnnc1. The quantitative estimate of drug-likeness (QED) is 0.733. The Bertz CT molecular complexity index is 350. The van der Waals surface area contributed by atoms with Crippen LogP contribution in [0.15, 0.2) is 18.5 Å². The highest BCUT2D eigenvalue weighted by Gasteiger charge is 2.30. The van der Waals surface area contributed by atoms with Crippen molar-refractivity contribution < 1.29 is 4.79 Å². The van der Waals surface area contributed by atoms with E-state index in [9.17, 15) is 4.79 Å². The smallest absolute Gasteiger partial charge is 0.167 e. The van der Waals surface area contributed by atoms with Gasteiger partial charge in [0.05, 0.1) is 12.4 Å². The summed E-state index contributed by atoms with van der Waals surface area (Å²) in [7, 11) is 0. The summed E-state index contributed by atoms with van der Waals surface area (Å²) < 4.78 is 0. The van der Waals surface area contributed by atoms with Gasteiger partial charge in [0.1, 0.15) is 0 Å². The number of hydrogen-bond acceptors (Lipinski definition) is 3. The molecule has 0 saturated heterocycles. The number of nitrogens with zero attached hydrogens (tertiary/aromatic N) is 2. The molecule has 0 bridgehead atoms. The van der Waals surface area contributed by atoms with Crippen LogP contribution in [-0.2, 0) is 0 Å². The molecule has 1 aromatic rings. The van der Waals surface area contributed by atoms with Crippen LogP contribution in [0.1, 0.15) is 49.4 Å². The van der Waals surface area contributed by atoms with Crippen molar-refractivity contribution in [3.05, 3.63) is 24.0 Å². The van der Waals surface area contributed by atoms with Gasteiger partial charge in [-0.15, -0.1) is 0 Å². The van der Waals surface area contributed by atoms with E-state index >= 15 is 0 Å². The fraction of sp³-hybridized carbons (Fsp3) is 0.615. The Morgan fingerprint density at radius 2 is 2.19 bits per heavy atom. The molecular weight excluding hydrogens is 200 g/mol. The maximum Gasteiger partial charge on any atom is 0.167 e. The lowest BCUT2D eigenvalue weighted by atomic mass is 9.74. The number of Topliss-reactive ketones (excluding diaryl/α,β-unsaturated/α-hetero) is 1. The van der Waals surface area contributed by atoms with E-state index in [0.29, 0.717) is 5.92 Å². The third-order valence-electron chi connectivity index (χ3n) is 3.64. The second-order valence-corrected chi connectivity index (χ2v) is 4.55. The van der Waals surface area contributed by atoms with Crippen LogP contribution >= 0.6 is 0 Å². The molecule has 1 saturated carbocycles. The van der Waals surface area contributed by atoms with E-state index in [1.165, 1.54) is 19.3 Å². The van der Waals surface area contributed by atoms with Crippen molar-refractivity contribution in [1.29, 1.82) is 0 Å². The van der Waals surface area contributed by atoms with Crippen molar-refractivity contribution in [2.24, 2.45) is 11.8 Å². The lowest BCUT2D eigenvalue weighted by Crippen LogP contribution is -2.27. The van der Waals surface area contributed by atoms with Gasteiger partial charge >= 0.3 is 0 Å². The van der Waals surface area contributed by atoms with E-state index in [1.54, 1.807) is 18.5 Å². The van der Waals surface area contributed by atoms with E-state index in [4.69, 9.17) is 0 Å². The summed E-state index contributed by atoms with van der Waals surface area (Å²) in [5.74, 6) is 1.04. The average molecular weight is 218 g/mol. The molecule has 0 N–H and O–H groups in total. The normalized spacial score (nSPS) is 25.3. The summed E-state index contributed by atoms with van der Waals surface area (Å²) in [5.41, 5.74) is 0.723. The molecule has 1 aliphatic carbocycles. The Labute approximate surface area is 96.3 Å². The maximum absolute atomic E-state index is 12.3. The zero-order valence-corrected chi connectivity index (χ0v) is 9.72. The lowest BCUT2D eigenvalue weighted by Gasteiger charge is -2.29. The predicted octanol–water partition coefficient (Wildman–Crippen LogP) is 2.88. The molecule has 0 spiro atoms. The second-order valence-electron chi connectivity index (χ2n) is 4.55. The summed E-state index contributed by atoms with van der Waals surface area (Å²) in [4.78, 5) is 12.3. The molecule has 0 aromatic carbocycles. The van der Waals surface area contributed by atoms with Gasteiger partial charge < -0.3 is 0 Å². The van der Waals surface area contributed by atoms with Gasteiger partial charge in [-0.1, -0.05) is 26.2 Å². The summed E-state index contributed by atoms with van der Waals surface area (Å²) in [6, 6.07) is 1.77. The molecule has 86 valence electrons. The summed E-state index contributed by atoms with van der Waals surface area (Å²) >= 11 is 0. The van der Waals surface area contributed by atoms with Crippen molar-refractivity contribution in [2.45, 2.75) is 39.0 Å². The van der Waals surface area contributed by atoms with E-state index in [-0.39, 0.29) is 11.7 Å². The van der Waals surface area contributed by atoms with Crippen LogP contribution in [-0.4, -0.2) is 16.0 Å². The largest absolute Gasteiger partial charge is 0.294 e. The Kier molecular flexibility index (Phi) is 3.65. The molecule has 2 unspecified atom stereocenters. The second kappa shape index (κ2) is 5.19. The first-order chi connectivity index (χ1) is 7.83. The van der Waals surface area contributed by atoms with Crippen molar-refractivity contribution >= 4 is 5.78 Å². The van der Waals surface area contributed by atoms with E-state index in [0.717, 1.165) is 18.4 Å². The number of carbonyl (C=O) groups excluding carboxylic acids is 1. The first-order valence-electron chi connectivity index (χ1n) is 6.14. The van der Waals surface area contributed by atoms with Crippen LogP contribution in [0.4, 0.5) is 0 Å². The number of hydrogen-bond donors (Lipinski definition) is 0. The highest BCUT2D eigenvalue weighted by molar-refractivity contribution is 5.97. The van der Waals surface area contributed by atoms with Gasteiger partial charge in [0.25, 0.3) is 0 Å². The zero-order valence-electron chi connectivity index (χ0n) is 9.72. The topological polar surface area (TPSA) is 42.9 Å². The molecule has 0 amide bonds. The van der Waals surface area contributed by atoms with E-state index < -0.39 is 0 Å². The molecule has 3 heteroatoms. The van der Waals surface area contributed by atoms with Crippen LogP contribution in [0.5, 0.6) is 0 Å². The molecule has 2 rings (SSSR count). The summed E-state index contributed by atoms with van der Waals surface area (Å²) in [6.07, 6.45) is 8.99. The molecule has 2 atom stereocenters. The first kappa shape index (κ1) is 11.2. The minimum absolute atomic E-state index is 0.211. The van der Waals surface area contributed by atoms with Gasteiger partial charge in [-0.2, -0.15) is 10.2 Å². The average Bonchev–Trinajstić information content (AvgIpc) is 2.39. The van der Waals surface area contributed by atoms with Crippen LogP contribution in [0.2, 0.25) is 0 Å². The summed E-state index contributed by atoms with van der Waals surface area (Å²) in [6.45, 7) is 2.18. The van der Waals surface area contributed by atoms with Crippen LogP contribution in [0, 0.1) is 11.8 Å². The molecule has 0 aliphatic heterocycles. The molecule has 3 nitrogen and oxygen atoms in total. The Balaban J connectivity index is 2.14. The third-order valence-corrected chi connectivity index (χ3v) is 3.64. The molecule has 1 aromatic heterocycles. The van der Waals surface area contributed by atoms with Gasteiger partial charge in [0, 0.05) is 11.5 Å².